The van der Waals surface area contributed by atoms with E-state index in [9.17, 15) is 9.59 Å². The molecule has 122 valence electrons. The number of anilines is 1. The van der Waals surface area contributed by atoms with Crippen LogP contribution >= 0.6 is 23.2 Å². The van der Waals surface area contributed by atoms with E-state index >= 15 is 0 Å². The average Bonchev–Trinajstić information content (AvgIpc) is 2.38. The molecular weight excluding hydrogens is 329 g/mol. The van der Waals surface area contributed by atoms with Gasteiger partial charge in [0.15, 0.2) is 6.61 Å². The number of benzene rings is 1. The molecule has 5 nitrogen and oxygen atoms in total. The zero-order valence-electron chi connectivity index (χ0n) is 12.9. The lowest BCUT2D eigenvalue weighted by Crippen LogP contribution is -2.32. The van der Waals surface area contributed by atoms with Gasteiger partial charge in [0, 0.05) is 5.69 Å². The molecule has 0 amide bonds. The van der Waals surface area contributed by atoms with Gasteiger partial charge in [-0.25, -0.2) is 9.59 Å². The smallest absolute Gasteiger partial charge is 0.344 e. The van der Waals surface area contributed by atoms with Gasteiger partial charge in [0.1, 0.15) is 11.6 Å². The van der Waals surface area contributed by atoms with Crippen LogP contribution in [-0.2, 0) is 19.1 Å². The number of rotatable bonds is 5. The van der Waals surface area contributed by atoms with Crippen LogP contribution in [0.2, 0.25) is 10.0 Å². The fourth-order valence-electron chi connectivity index (χ4n) is 1.52. The molecule has 0 radical (unpaired) electrons. The molecule has 0 bridgehead atoms. The zero-order valence-corrected chi connectivity index (χ0v) is 14.4. The van der Waals surface area contributed by atoms with Crippen LogP contribution in [0.25, 0.3) is 0 Å². The van der Waals surface area contributed by atoms with E-state index in [-0.39, 0.29) is 0 Å². The molecule has 0 aromatic heterocycles. The Balaban J connectivity index is 2.48. The first-order chi connectivity index (χ1) is 10.1. The van der Waals surface area contributed by atoms with Gasteiger partial charge in [-0.2, -0.15) is 0 Å². The fraction of sp³-hybridized carbons (Fsp3) is 0.467. The van der Waals surface area contributed by atoms with Gasteiger partial charge in [-0.15, -0.1) is 0 Å². The Labute approximate surface area is 139 Å². The van der Waals surface area contributed by atoms with Gasteiger partial charge < -0.3 is 14.8 Å². The van der Waals surface area contributed by atoms with Gasteiger partial charge >= 0.3 is 11.9 Å². The van der Waals surface area contributed by atoms with E-state index in [2.05, 4.69) is 5.32 Å². The molecule has 0 saturated carbocycles. The standard InChI is InChI=1S/C15H19Cl2NO4/c1-9(18-10-5-6-11(16)12(17)7-10)14(20)21-8-13(19)22-15(2,3)4/h5-7,9,18H,8H2,1-4H3/t9-/m0/s1. The van der Waals surface area contributed by atoms with Gasteiger partial charge in [-0.05, 0) is 45.9 Å². The van der Waals surface area contributed by atoms with Crippen molar-refractivity contribution >= 4 is 40.8 Å². The second kappa shape index (κ2) is 7.70. The predicted octanol–water partition coefficient (Wildman–Crippen LogP) is 3.68. The highest BCUT2D eigenvalue weighted by Gasteiger charge is 2.20. The Morgan fingerprint density at radius 2 is 1.86 bits per heavy atom. The lowest BCUT2D eigenvalue weighted by molar-refractivity contribution is -0.166. The van der Waals surface area contributed by atoms with Gasteiger partial charge in [-0.3, -0.25) is 0 Å². The van der Waals surface area contributed by atoms with E-state index in [0.717, 1.165) is 0 Å². The quantitative estimate of drug-likeness (QED) is 0.823. The Bertz CT molecular complexity index is 555. The summed E-state index contributed by atoms with van der Waals surface area (Å²) in [4.78, 5) is 23.3. The van der Waals surface area contributed by atoms with E-state index in [1.165, 1.54) is 0 Å². The maximum Gasteiger partial charge on any atom is 0.344 e. The topological polar surface area (TPSA) is 64.6 Å². The third-order valence-corrected chi connectivity index (χ3v) is 3.15. The first-order valence-electron chi connectivity index (χ1n) is 6.68. The van der Waals surface area contributed by atoms with Crippen LogP contribution in [0.1, 0.15) is 27.7 Å². The second-order valence-corrected chi connectivity index (χ2v) is 6.50. The Morgan fingerprint density at radius 1 is 1.23 bits per heavy atom. The third kappa shape index (κ3) is 6.54. The average molecular weight is 348 g/mol. The predicted molar refractivity (Wildman–Crippen MR) is 86.4 cm³/mol. The summed E-state index contributed by atoms with van der Waals surface area (Å²) in [5.74, 6) is -1.17. The molecule has 0 unspecified atom stereocenters. The summed E-state index contributed by atoms with van der Waals surface area (Å²) in [6.07, 6.45) is 0. The minimum Gasteiger partial charge on any atom is -0.457 e. The van der Waals surface area contributed by atoms with Crippen molar-refractivity contribution in [3.63, 3.8) is 0 Å². The van der Waals surface area contributed by atoms with Crippen LogP contribution in [0.3, 0.4) is 0 Å². The highest BCUT2D eigenvalue weighted by Crippen LogP contribution is 2.25. The lowest BCUT2D eigenvalue weighted by atomic mass is 10.2. The SMILES string of the molecule is C[C@H](Nc1ccc(Cl)c(Cl)c1)C(=O)OCC(=O)OC(C)(C)C. The maximum absolute atomic E-state index is 11.8. The Morgan fingerprint density at radius 3 is 2.41 bits per heavy atom. The number of esters is 2. The first kappa shape index (κ1) is 18.6. The summed E-state index contributed by atoms with van der Waals surface area (Å²) in [5.41, 5.74) is 0.00376. The molecule has 0 aliphatic heterocycles. The Kier molecular flexibility index (Phi) is 6.50. The van der Waals surface area contributed by atoms with Gasteiger partial charge in [0.05, 0.1) is 10.0 Å². The summed E-state index contributed by atoms with van der Waals surface area (Å²) < 4.78 is 9.95. The number of ether oxygens (including phenoxy) is 2. The van der Waals surface area contributed by atoms with Crippen molar-refractivity contribution in [3.05, 3.63) is 28.2 Å². The fourth-order valence-corrected chi connectivity index (χ4v) is 1.82. The molecule has 0 fully saturated rings. The zero-order chi connectivity index (χ0) is 16.9. The van der Waals surface area contributed by atoms with Crippen molar-refractivity contribution in [1.29, 1.82) is 0 Å². The summed E-state index contributed by atoms with van der Waals surface area (Å²) in [6, 6.07) is 4.25. The van der Waals surface area contributed by atoms with E-state index < -0.39 is 30.2 Å². The van der Waals surface area contributed by atoms with Crippen molar-refractivity contribution in [1.82, 2.24) is 0 Å². The minimum atomic E-state index is -0.653. The molecule has 1 aromatic carbocycles. The molecule has 22 heavy (non-hydrogen) atoms. The maximum atomic E-state index is 11.8. The molecule has 0 spiro atoms. The highest BCUT2D eigenvalue weighted by atomic mass is 35.5. The molecular formula is C15H19Cl2NO4. The molecule has 1 N–H and O–H groups in total. The minimum absolute atomic E-state index is 0.376. The highest BCUT2D eigenvalue weighted by molar-refractivity contribution is 6.42. The summed E-state index contributed by atoms with van der Waals surface area (Å²) in [5, 5.41) is 3.71. The van der Waals surface area contributed by atoms with E-state index in [1.807, 2.05) is 0 Å². The molecule has 1 aromatic rings. The van der Waals surface area contributed by atoms with Crippen LogP contribution < -0.4 is 5.32 Å². The van der Waals surface area contributed by atoms with Crippen LogP contribution in [0.15, 0.2) is 18.2 Å². The van der Waals surface area contributed by atoms with Gasteiger partial charge in [0.25, 0.3) is 0 Å². The van der Waals surface area contributed by atoms with Gasteiger partial charge in [-0.1, -0.05) is 23.2 Å². The van der Waals surface area contributed by atoms with Crippen LogP contribution in [0.5, 0.6) is 0 Å². The van der Waals surface area contributed by atoms with Crippen molar-refractivity contribution < 1.29 is 19.1 Å². The molecule has 1 rings (SSSR count). The van der Waals surface area contributed by atoms with Crippen molar-refractivity contribution in [2.75, 3.05) is 11.9 Å². The first-order valence-corrected chi connectivity index (χ1v) is 7.44. The number of halogens is 2. The molecule has 1 atom stereocenters. The Hall–Kier alpha value is -1.46. The third-order valence-electron chi connectivity index (χ3n) is 2.41. The normalized spacial score (nSPS) is 12.5. The second-order valence-electron chi connectivity index (χ2n) is 5.69. The van der Waals surface area contributed by atoms with Crippen molar-refractivity contribution in [2.24, 2.45) is 0 Å². The monoisotopic (exact) mass is 347 g/mol. The lowest BCUT2D eigenvalue weighted by Gasteiger charge is -2.20. The molecule has 0 saturated heterocycles. The summed E-state index contributed by atoms with van der Waals surface area (Å²) in [6.45, 7) is 6.40. The van der Waals surface area contributed by atoms with Crippen LogP contribution in [-0.4, -0.2) is 30.2 Å². The van der Waals surface area contributed by atoms with Crippen molar-refractivity contribution in [3.8, 4) is 0 Å². The van der Waals surface area contributed by atoms with E-state index in [1.54, 1.807) is 45.9 Å². The number of carbonyl (C=O) groups is 2. The van der Waals surface area contributed by atoms with Crippen molar-refractivity contribution in [2.45, 2.75) is 39.3 Å². The number of carbonyl (C=O) groups excluding carboxylic acids is 2. The number of nitrogens with one attached hydrogen (secondary N) is 1. The number of hydrogen-bond acceptors (Lipinski definition) is 5. The van der Waals surface area contributed by atoms with Gasteiger partial charge in [0.2, 0.25) is 0 Å². The summed E-state index contributed by atoms with van der Waals surface area (Å²) >= 11 is 11.7. The van der Waals surface area contributed by atoms with Crippen LogP contribution in [0, 0.1) is 0 Å². The summed E-state index contributed by atoms with van der Waals surface area (Å²) in [7, 11) is 0. The van der Waals surface area contributed by atoms with E-state index in [0.29, 0.717) is 15.7 Å². The molecule has 7 heteroatoms. The molecule has 0 aliphatic rings. The number of hydrogen-bond donors (Lipinski definition) is 1. The van der Waals surface area contributed by atoms with E-state index in [4.69, 9.17) is 32.7 Å². The molecule has 0 heterocycles. The molecule has 0 aliphatic carbocycles. The van der Waals surface area contributed by atoms with Crippen LogP contribution in [0.4, 0.5) is 5.69 Å². The largest absolute Gasteiger partial charge is 0.457 e.